The van der Waals surface area contributed by atoms with Crippen molar-refractivity contribution < 1.29 is 0 Å². The molecule has 1 N–H and O–H groups in total. The van der Waals surface area contributed by atoms with Gasteiger partial charge in [0, 0.05) is 18.6 Å². The van der Waals surface area contributed by atoms with Crippen LogP contribution >= 0.6 is 11.6 Å². The molecule has 3 rings (SSSR count). The smallest absolute Gasteiger partial charge is 0.316 e. The van der Waals surface area contributed by atoms with Crippen molar-refractivity contribution in [3.05, 3.63) is 44.1 Å². The summed E-state index contributed by atoms with van der Waals surface area (Å²) in [7, 11) is 1.67. The Bertz CT molecular complexity index is 772. The van der Waals surface area contributed by atoms with Gasteiger partial charge in [0.1, 0.15) is 0 Å². The minimum Gasteiger partial charge on any atom is -0.316 e. The zero-order chi connectivity index (χ0) is 14.3. The molecule has 106 valence electrons. The van der Waals surface area contributed by atoms with Crippen LogP contribution in [0.5, 0.6) is 0 Å². The Morgan fingerprint density at radius 2 is 2.20 bits per heavy atom. The van der Waals surface area contributed by atoms with Crippen LogP contribution in [0.3, 0.4) is 0 Å². The highest BCUT2D eigenvalue weighted by Gasteiger charge is 2.18. The van der Waals surface area contributed by atoms with Gasteiger partial charge in [-0.15, -0.1) is 0 Å². The minimum atomic E-state index is -0.281. The molecule has 1 fully saturated rings. The van der Waals surface area contributed by atoms with Crippen LogP contribution in [-0.4, -0.2) is 22.2 Å². The number of halogens is 1. The SMILES string of the molecule is Cn1c(=O)n(CC2CCNC2)c(=O)c2ccc(Cl)cc21. The van der Waals surface area contributed by atoms with Gasteiger partial charge < -0.3 is 5.32 Å². The zero-order valence-electron chi connectivity index (χ0n) is 11.2. The largest absolute Gasteiger partial charge is 0.331 e. The van der Waals surface area contributed by atoms with Crippen molar-refractivity contribution in [1.29, 1.82) is 0 Å². The number of nitrogens with zero attached hydrogens (tertiary/aromatic N) is 2. The molecular weight excluding hydrogens is 278 g/mol. The van der Waals surface area contributed by atoms with E-state index in [4.69, 9.17) is 11.6 Å². The molecule has 2 aromatic rings. The van der Waals surface area contributed by atoms with E-state index in [1.165, 1.54) is 9.13 Å². The molecule has 0 amide bonds. The normalized spacial score (nSPS) is 18.8. The number of aryl methyl sites for hydroxylation is 1. The van der Waals surface area contributed by atoms with Crippen LogP contribution in [0.1, 0.15) is 6.42 Å². The first kappa shape index (κ1) is 13.4. The van der Waals surface area contributed by atoms with Crippen LogP contribution in [0.4, 0.5) is 0 Å². The first-order chi connectivity index (χ1) is 9.58. The summed E-state index contributed by atoms with van der Waals surface area (Å²) < 4.78 is 2.83. The fourth-order valence-corrected chi connectivity index (χ4v) is 2.94. The molecule has 6 heteroatoms. The highest BCUT2D eigenvalue weighted by atomic mass is 35.5. The van der Waals surface area contributed by atoms with Crippen molar-refractivity contribution in [3.8, 4) is 0 Å². The monoisotopic (exact) mass is 293 g/mol. The van der Waals surface area contributed by atoms with Crippen LogP contribution in [0.2, 0.25) is 5.02 Å². The average molecular weight is 294 g/mol. The van der Waals surface area contributed by atoms with Crippen LogP contribution < -0.4 is 16.6 Å². The highest BCUT2D eigenvalue weighted by Crippen LogP contribution is 2.15. The van der Waals surface area contributed by atoms with Crippen molar-refractivity contribution in [3.63, 3.8) is 0 Å². The Labute approximate surface area is 120 Å². The highest BCUT2D eigenvalue weighted by molar-refractivity contribution is 6.31. The third kappa shape index (κ3) is 2.17. The lowest BCUT2D eigenvalue weighted by Crippen LogP contribution is -2.40. The van der Waals surface area contributed by atoms with Gasteiger partial charge >= 0.3 is 5.69 Å². The predicted octanol–water partition coefficient (Wildman–Crippen LogP) is 0.963. The van der Waals surface area contributed by atoms with E-state index in [-0.39, 0.29) is 11.2 Å². The number of nitrogens with one attached hydrogen (secondary N) is 1. The van der Waals surface area contributed by atoms with E-state index in [0.717, 1.165) is 19.5 Å². The second kappa shape index (κ2) is 5.07. The van der Waals surface area contributed by atoms with Crippen LogP contribution in [-0.2, 0) is 13.6 Å². The Kier molecular flexibility index (Phi) is 3.40. The van der Waals surface area contributed by atoms with Crippen molar-refractivity contribution >= 4 is 22.5 Å². The standard InChI is InChI=1S/C14H16ClN3O2/c1-17-12-6-10(15)2-3-11(12)13(19)18(14(17)20)8-9-4-5-16-7-9/h2-3,6,9,16H,4-5,7-8H2,1H3. The third-order valence-corrected chi connectivity index (χ3v) is 4.15. The molecule has 0 spiro atoms. The number of fused-ring (bicyclic) bond motifs is 1. The third-order valence-electron chi connectivity index (χ3n) is 3.92. The molecule has 1 aromatic heterocycles. The lowest BCUT2D eigenvalue weighted by atomic mass is 10.1. The van der Waals surface area contributed by atoms with Gasteiger partial charge in [0.2, 0.25) is 0 Å². The summed E-state index contributed by atoms with van der Waals surface area (Å²) in [6, 6.07) is 5.02. The van der Waals surface area contributed by atoms with Gasteiger partial charge in [0.25, 0.3) is 5.56 Å². The maximum absolute atomic E-state index is 12.5. The van der Waals surface area contributed by atoms with Gasteiger partial charge in [-0.25, -0.2) is 4.79 Å². The van der Waals surface area contributed by atoms with Gasteiger partial charge in [-0.2, -0.15) is 0 Å². The van der Waals surface area contributed by atoms with E-state index < -0.39 is 0 Å². The Balaban J connectivity index is 2.20. The topological polar surface area (TPSA) is 56.0 Å². The molecule has 1 aliphatic rings. The molecule has 1 saturated heterocycles. The number of hydrogen-bond acceptors (Lipinski definition) is 3. The van der Waals surface area contributed by atoms with Crippen molar-refractivity contribution in [2.75, 3.05) is 13.1 Å². The molecular formula is C14H16ClN3O2. The summed E-state index contributed by atoms with van der Waals surface area (Å²) in [4.78, 5) is 24.9. The molecule has 0 aliphatic carbocycles. The molecule has 2 heterocycles. The van der Waals surface area contributed by atoms with E-state index in [2.05, 4.69) is 5.32 Å². The summed E-state index contributed by atoms with van der Waals surface area (Å²) in [6.07, 6.45) is 0.994. The van der Waals surface area contributed by atoms with Crippen molar-refractivity contribution in [2.45, 2.75) is 13.0 Å². The fourth-order valence-electron chi connectivity index (χ4n) is 2.77. The van der Waals surface area contributed by atoms with Crippen molar-refractivity contribution in [2.24, 2.45) is 13.0 Å². The number of hydrogen-bond donors (Lipinski definition) is 1. The molecule has 0 saturated carbocycles. The Hall–Kier alpha value is -1.59. The van der Waals surface area contributed by atoms with E-state index in [1.54, 1.807) is 25.2 Å². The van der Waals surface area contributed by atoms with Crippen LogP contribution in [0, 0.1) is 5.92 Å². The Morgan fingerprint density at radius 3 is 2.90 bits per heavy atom. The molecule has 1 atom stereocenters. The molecule has 1 aromatic carbocycles. The van der Waals surface area contributed by atoms with Gasteiger partial charge in [0.05, 0.1) is 10.9 Å². The summed E-state index contributed by atoms with van der Waals surface area (Å²) in [5, 5.41) is 4.30. The Morgan fingerprint density at radius 1 is 1.40 bits per heavy atom. The minimum absolute atomic E-state index is 0.230. The number of aromatic nitrogens is 2. The second-order valence-electron chi connectivity index (χ2n) is 5.28. The van der Waals surface area contributed by atoms with Crippen molar-refractivity contribution in [1.82, 2.24) is 14.5 Å². The van der Waals surface area contributed by atoms with E-state index in [0.29, 0.717) is 28.4 Å². The predicted molar refractivity (Wildman–Crippen MR) is 79.4 cm³/mol. The summed E-state index contributed by atoms with van der Waals surface area (Å²) in [5.41, 5.74) is 0.0663. The molecule has 5 nitrogen and oxygen atoms in total. The van der Waals surface area contributed by atoms with E-state index >= 15 is 0 Å². The van der Waals surface area contributed by atoms with Crippen LogP contribution in [0.25, 0.3) is 10.9 Å². The first-order valence-electron chi connectivity index (χ1n) is 6.67. The molecule has 1 unspecified atom stereocenters. The quantitative estimate of drug-likeness (QED) is 0.897. The first-order valence-corrected chi connectivity index (χ1v) is 7.05. The summed E-state index contributed by atoms with van der Waals surface area (Å²) in [6.45, 7) is 2.27. The number of benzene rings is 1. The second-order valence-corrected chi connectivity index (χ2v) is 5.71. The van der Waals surface area contributed by atoms with Gasteiger partial charge in [-0.05, 0) is 43.6 Å². The van der Waals surface area contributed by atoms with Gasteiger partial charge in [0.15, 0.2) is 0 Å². The van der Waals surface area contributed by atoms with Crippen LogP contribution in [0.15, 0.2) is 27.8 Å². The molecule has 20 heavy (non-hydrogen) atoms. The fraction of sp³-hybridized carbons (Fsp3) is 0.429. The average Bonchev–Trinajstić information content (AvgIpc) is 2.94. The zero-order valence-corrected chi connectivity index (χ0v) is 12.0. The lowest BCUT2D eigenvalue weighted by Gasteiger charge is -2.13. The molecule has 1 aliphatic heterocycles. The maximum Gasteiger partial charge on any atom is 0.331 e. The van der Waals surface area contributed by atoms with E-state index in [1.807, 2.05) is 0 Å². The molecule has 0 radical (unpaired) electrons. The van der Waals surface area contributed by atoms with Gasteiger partial charge in [-0.3, -0.25) is 13.9 Å². The van der Waals surface area contributed by atoms with E-state index in [9.17, 15) is 9.59 Å². The lowest BCUT2D eigenvalue weighted by molar-refractivity contribution is 0.452. The summed E-state index contributed by atoms with van der Waals surface area (Å²) >= 11 is 5.94. The maximum atomic E-state index is 12.5. The number of rotatable bonds is 2. The van der Waals surface area contributed by atoms with Gasteiger partial charge in [-0.1, -0.05) is 11.6 Å². The summed E-state index contributed by atoms with van der Waals surface area (Å²) in [5.74, 6) is 0.338. The molecule has 0 bridgehead atoms.